The van der Waals surface area contributed by atoms with Crippen molar-refractivity contribution in [3.8, 4) is 0 Å². The number of rotatable bonds is 1. The number of carboxylic acids is 1. The maximum atomic E-state index is 11.0. The van der Waals surface area contributed by atoms with Crippen LogP contribution >= 0.6 is 12.4 Å². The van der Waals surface area contributed by atoms with Gasteiger partial charge in [-0.25, -0.2) is 4.21 Å². The van der Waals surface area contributed by atoms with Crippen molar-refractivity contribution < 1.29 is 14.1 Å². The van der Waals surface area contributed by atoms with Gasteiger partial charge in [-0.1, -0.05) is 0 Å². The summed E-state index contributed by atoms with van der Waals surface area (Å²) in [6.07, 6.45) is 0.801. The second-order valence-corrected chi connectivity index (χ2v) is 5.27. The zero-order chi connectivity index (χ0) is 8.48. The molecule has 0 bridgehead atoms. The summed E-state index contributed by atoms with van der Waals surface area (Å²) in [6, 6.07) is 0. The second kappa shape index (κ2) is 4.09. The van der Waals surface area contributed by atoms with E-state index in [9.17, 15) is 9.00 Å². The fourth-order valence-electron chi connectivity index (χ4n) is 1.16. The minimum atomic E-state index is -2.41. The van der Waals surface area contributed by atoms with Gasteiger partial charge in [-0.05, 0) is 12.8 Å². The molecular formula is C6H12ClNO3S. The number of hydrogen-bond donors (Lipinski definition) is 2. The van der Waals surface area contributed by atoms with Gasteiger partial charge in [-0.15, -0.1) is 12.4 Å². The molecule has 1 aliphatic heterocycles. The summed E-state index contributed by atoms with van der Waals surface area (Å²) in [6.45, 7) is 0. The monoisotopic (exact) mass is 213 g/mol. The van der Waals surface area contributed by atoms with Crippen molar-refractivity contribution in [2.24, 2.45) is 5.92 Å². The summed E-state index contributed by atoms with van der Waals surface area (Å²) in [4.78, 5) is 10.4. The van der Waals surface area contributed by atoms with Gasteiger partial charge in [0.2, 0.25) is 0 Å². The quantitative estimate of drug-likeness (QED) is 0.681. The lowest BCUT2D eigenvalue weighted by atomic mass is 10.0. The number of nitrogens with one attached hydrogen (secondary N) is 1. The highest BCUT2D eigenvalue weighted by molar-refractivity contribution is 7.92. The first-order valence-electron chi connectivity index (χ1n) is 3.48. The molecule has 0 amide bonds. The van der Waals surface area contributed by atoms with Crippen LogP contribution < -0.4 is 0 Å². The molecule has 2 N–H and O–H groups in total. The first kappa shape index (κ1) is 11.7. The van der Waals surface area contributed by atoms with Crippen LogP contribution in [0, 0.1) is 10.7 Å². The van der Waals surface area contributed by atoms with Gasteiger partial charge in [0.15, 0.2) is 0 Å². The van der Waals surface area contributed by atoms with Crippen LogP contribution in [0.3, 0.4) is 0 Å². The molecule has 1 fully saturated rings. The third-order valence-corrected chi connectivity index (χ3v) is 3.73. The Hall–Kier alpha value is -0.290. The maximum Gasteiger partial charge on any atom is 0.306 e. The average Bonchev–Trinajstić information content (AvgIpc) is 1.86. The van der Waals surface area contributed by atoms with E-state index in [4.69, 9.17) is 9.89 Å². The van der Waals surface area contributed by atoms with Crippen molar-refractivity contribution in [1.82, 2.24) is 0 Å². The third-order valence-electron chi connectivity index (χ3n) is 1.94. The van der Waals surface area contributed by atoms with Crippen molar-refractivity contribution in [3.63, 3.8) is 0 Å². The molecule has 0 aromatic rings. The first-order valence-corrected chi connectivity index (χ1v) is 5.38. The Morgan fingerprint density at radius 2 is 1.83 bits per heavy atom. The van der Waals surface area contributed by atoms with Gasteiger partial charge in [0.05, 0.1) is 5.92 Å². The Bertz CT molecular complexity index is 248. The van der Waals surface area contributed by atoms with Gasteiger partial charge in [0, 0.05) is 21.2 Å². The minimum absolute atomic E-state index is 0. The molecule has 0 unspecified atom stereocenters. The summed E-state index contributed by atoms with van der Waals surface area (Å²) in [5.74, 6) is -0.677. The van der Waals surface area contributed by atoms with Crippen molar-refractivity contribution in [3.05, 3.63) is 0 Å². The standard InChI is InChI=1S/C6H11NO3S.ClH/c7-11(10)3-1-5(2-4-11)6(8)9;/h5,7H,1-4H2,(H,8,9);1H. The highest BCUT2D eigenvalue weighted by atomic mass is 35.5. The molecule has 0 atom stereocenters. The van der Waals surface area contributed by atoms with Crippen molar-refractivity contribution in [2.75, 3.05) is 11.5 Å². The minimum Gasteiger partial charge on any atom is -0.481 e. The Morgan fingerprint density at radius 3 is 2.17 bits per heavy atom. The highest BCUT2D eigenvalue weighted by Gasteiger charge is 2.25. The smallest absolute Gasteiger partial charge is 0.306 e. The van der Waals surface area contributed by atoms with E-state index in [0.717, 1.165) is 0 Å². The Labute approximate surface area is 77.7 Å². The van der Waals surface area contributed by atoms with E-state index >= 15 is 0 Å². The molecule has 1 aliphatic rings. The molecule has 0 radical (unpaired) electrons. The number of aliphatic carboxylic acids is 1. The molecule has 0 aromatic heterocycles. The lowest BCUT2D eigenvalue weighted by Gasteiger charge is -2.19. The lowest BCUT2D eigenvalue weighted by molar-refractivity contribution is -0.141. The van der Waals surface area contributed by atoms with Crippen LogP contribution in [0.5, 0.6) is 0 Å². The van der Waals surface area contributed by atoms with E-state index in [2.05, 4.69) is 0 Å². The van der Waals surface area contributed by atoms with Crippen LogP contribution in [0.15, 0.2) is 0 Å². The topological polar surface area (TPSA) is 78.2 Å². The molecule has 12 heavy (non-hydrogen) atoms. The number of carboxylic acid groups (broad SMARTS) is 1. The molecule has 4 nitrogen and oxygen atoms in total. The van der Waals surface area contributed by atoms with Crippen LogP contribution in [0.2, 0.25) is 0 Å². The predicted molar refractivity (Wildman–Crippen MR) is 48.2 cm³/mol. The SMILES string of the molecule is Cl.N=S1(=O)CCC(C(=O)O)CC1. The third kappa shape index (κ3) is 2.98. The normalized spacial score (nSPS) is 35.2. The van der Waals surface area contributed by atoms with Gasteiger partial charge >= 0.3 is 5.97 Å². The van der Waals surface area contributed by atoms with Crippen LogP contribution in [0.1, 0.15) is 12.8 Å². The molecule has 1 heterocycles. The van der Waals surface area contributed by atoms with Crippen molar-refractivity contribution in [1.29, 1.82) is 4.78 Å². The molecule has 0 aromatic carbocycles. The van der Waals surface area contributed by atoms with E-state index in [1.54, 1.807) is 0 Å². The summed E-state index contributed by atoms with van der Waals surface area (Å²) in [5, 5.41) is 8.55. The average molecular weight is 214 g/mol. The Kier molecular flexibility index (Phi) is 3.99. The molecule has 0 spiro atoms. The van der Waals surface area contributed by atoms with Gasteiger partial charge in [-0.2, -0.15) is 0 Å². The second-order valence-electron chi connectivity index (χ2n) is 2.83. The number of halogens is 1. The molecular weight excluding hydrogens is 202 g/mol. The van der Waals surface area contributed by atoms with Crippen LogP contribution in [0.4, 0.5) is 0 Å². The largest absolute Gasteiger partial charge is 0.481 e. The summed E-state index contributed by atoms with van der Waals surface area (Å²) >= 11 is 0. The Morgan fingerprint density at radius 1 is 1.42 bits per heavy atom. The molecule has 0 saturated carbocycles. The number of hydrogen-bond acceptors (Lipinski definition) is 3. The van der Waals surface area contributed by atoms with E-state index in [1.165, 1.54) is 0 Å². The van der Waals surface area contributed by atoms with Gasteiger partial charge < -0.3 is 5.11 Å². The first-order chi connectivity index (χ1) is 5.01. The fraction of sp³-hybridized carbons (Fsp3) is 0.833. The molecule has 0 aliphatic carbocycles. The summed E-state index contributed by atoms with van der Waals surface area (Å²) < 4.78 is 18.2. The lowest BCUT2D eigenvalue weighted by Crippen LogP contribution is -2.27. The van der Waals surface area contributed by atoms with Crippen LogP contribution in [-0.2, 0) is 14.5 Å². The van der Waals surface area contributed by atoms with E-state index in [1.807, 2.05) is 0 Å². The van der Waals surface area contributed by atoms with Crippen LogP contribution in [-0.4, -0.2) is 26.8 Å². The molecule has 72 valence electrons. The summed E-state index contributed by atoms with van der Waals surface area (Å²) in [5.41, 5.74) is 0. The molecule has 1 saturated heterocycles. The van der Waals surface area contributed by atoms with Crippen molar-refractivity contribution >= 4 is 28.1 Å². The Balaban J connectivity index is 0.00000121. The number of carbonyl (C=O) groups is 1. The van der Waals surface area contributed by atoms with Gasteiger partial charge in [0.25, 0.3) is 0 Å². The zero-order valence-corrected chi connectivity index (χ0v) is 8.12. The van der Waals surface area contributed by atoms with E-state index < -0.39 is 15.7 Å². The molecule has 1 rings (SSSR count). The van der Waals surface area contributed by atoms with Gasteiger partial charge in [0.1, 0.15) is 0 Å². The van der Waals surface area contributed by atoms with Gasteiger partial charge in [-0.3, -0.25) is 9.57 Å². The fourth-order valence-corrected chi connectivity index (χ4v) is 2.69. The summed E-state index contributed by atoms with van der Waals surface area (Å²) in [7, 11) is -2.41. The zero-order valence-electron chi connectivity index (χ0n) is 6.49. The predicted octanol–water partition coefficient (Wildman–Crippen LogP) is 0.950. The van der Waals surface area contributed by atoms with E-state index in [0.29, 0.717) is 12.8 Å². The van der Waals surface area contributed by atoms with E-state index in [-0.39, 0.29) is 29.8 Å². The van der Waals surface area contributed by atoms with Crippen molar-refractivity contribution in [2.45, 2.75) is 12.8 Å². The highest BCUT2D eigenvalue weighted by Crippen LogP contribution is 2.18. The molecule has 6 heteroatoms. The van der Waals surface area contributed by atoms with Crippen LogP contribution in [0.25, 0.3) is 0 Å². The maximum absolute atomic E-state index is 11.0.